The molecule has 0 bridgehead atoms. The molecule has 6 nitrogen and oxygen atoms in total. The molecule has 0 saturated carbocycles. The fraction of sp³-hybridized carbons (Fsp3) is 0.500. The summed E-state index contributed by atoms with van der Waals surface area (Å²) < 4.78 is 26.5. The molecule has 1 aliphatic heterocycles. The number of hydrogen-bond acceptors (Lipinski definition) is 4. The van der Waals surface area contributed by atoms with Crippen molar-refractivity contribution in [3.63, 3.8) is 0 Å². The Hall–Kier alpha value is -1.44. The van der Waals surface area contributed by atoms with Gasteiger partial charge in [0, 0.05) is 26.2 Å². The standard InChI is InChI=1S/C14H21N3O3S/c15-8-9-16-14(18)12-5-4-10-17(11-12)21(19,20)13-6-2-1-3-7-13/h1-3,6-7,12H,4-5,8-11,15H2,(H,16,18). The molecule has 0 aliphatic carbocycles. The van der Waals surface area contributed by atoms with Crippen molar-refractivity contribution in [1.29, 1.82) is 0 Å². The molecule has 1 atom stereocenters. The van der Waals surface area contributed by atoms with Gasteiger partial charge in [-0.1, -0.05) is 18.2 Å². The van der Waals surface area contributed by atoms with Gasteiger partial charge in [0.05, 0.1) is 10.8 Å². The lowest BCUT2D eigenvalue weighted by Crippen LogP contribution is -2.46. The molecule has 3 N–H and O–H groups in total. The molecule has 1 unspecified atom stereocenters. The van der Waals surface area contributed by atoms with Crippen molar-refractivity contribution in [2.24, 2.45) is 11.7 Å². The molecule has 1 aromatic carbocycles. The topological polar surface area (TPSA) is 92.5 Å². The molecule has 7 heteroatoms. The van der Waals surface area contributed by atoms with Crippen LogP contribution in [0.2, 0.25) is 0 Å². The smallest absolute Gasteiger partial charge is 0.243 e. The second kappa shape index (κ2) is 7.02. The van der Waals surface area contributed by atoms with Gasteiger partial charge in [-0.05, 0) is 25.0 Å². The largest absolute Gasteiger partial charge is 0.355 e. The van der Waals surface area contributed by atoms with E-state index in [-0.39, 0.29) is 23.3 Å². The summed E-state index contributed by atoms with van der Waals surface area (Å²) in [6, 6.07) is 8.32. The summed E-state index contributed by atoms with van der Waals surface area (Å²) in [4.78, 5) is 12.2. The minimum atomic E-state index is -3.52. The van der Waals surface area contributed by atoms with Gasteiger partial charge >= 0.3 is 0 Å². The van der Waals surface area contributed by atoms with E-state index in [1.165, 1.54) is 4.31 Å². The first-order valence-electron chi connectivity index (χ1n) is 7.08. The molecule has 1 fully saturated rings. The molecule has 1 heterocycles. The lowest BCUT2D eigenvalue weighted by molar-refractivity contribution is -0.126. The summed E-state index contributed by atoms with van der Waals surface area (Å²) in [5.41, 5.74) is 5.36. The van der Waals surface area contributed by atoms with Crippen LogP contribution < -0.4 is 11.1 Å². The average Bonchev–Trinajstić information content (AvgIpc) is 2.53. The Bertz CT molecular complexity index is 574. The van der Waals surface area contributed by atoms with Crippen molar-refractivity contribution in [2.45, 2.75) is 17.7 Å². The van der Waals surface area contributed by atoms with Gasteiger partial charge in [-0.25, -0.2) is 8.42 Å². The highest BCUT2D eigenvalue weighted by Gasteiger charge is 2.32. The minimum Gasteiger partial charge on any atom is -0.355 e. The summed E-state index contributed by atoms with van der Waals surface area (Å²) in [5, 5.41) is 2.73. The summed E-state index contributed by atoms with van der Waals surface area (Å²) >= 11 is 0. The van der Waals surface area contributed by atoms with Crippen LogP contribution in [0.5, 0.6) is 0 Å². The number of rotatable bonds is 5. The van der Waals surface area contributed by atoms with Gasteiger partial charge < -0.3 is 11.1 Å². The number of nitrogens with one attached hydrogen (secondary N) is 1. The molecule has 1 amide bonds. The number of sulfonamides is 1. The summed E-state index contributed by atoms with van der Waals surface area (Å²) in [7, 11) is -3.52. The van der Waals surface area contributed by atoms with Crippen LogP contribution in [0, 0.1) is 5.92 Å². The number of carbonyl (C=O) groups is 1. The number of benzene rings is 1. The predicted octanol–water partition coefficient (Wildman–Crippen LogP) is 0.162. The zero-order valence-corrected chi connectivity index (χ0v) is 12.7. The monoisotopic (exact) mass is 311 g/mol. The Kier molecular flexibility index (Phi) is 5.33. The second-order valence-electron chi connectivity index (χ2n) is 5.09. The fourth-order valence-corrected chi connectivity index (χ4v) is 4.00. The molecule has 0 radical (unpaired) electrons. The zero-order chi connectivity index (χ0) is 15.3. The van der Waals surface area contributed by atoms with E-state index in [0.717, 1.165) is 0 Å². The van der Waals surface area contributed by atoms with E-state index in [1.807, 2.05) is 0 Å². The molecule has 0 aromatic heterocycles. The Morgan fingerprint density at radius 2 is 2.05 bits per heavy atom. The van der Waals surface area contributed by atoms with E-state index in [2.05, 4.69) is 5.32 Å². The van der Waals surface area contributed by atoms with Crippen LogP contribution in [0.15, 0.2) is 35.2 Å². The molecular formula is C14H21N3O3S. The Morgan fingerprint density at radius 3 is 2.71 bits per heavy atom. The maximum absolute atomic E-state index is 12.5. The van der Waals surface area contributed by atoms with Crippen molar-refractivity contribution < 1.29 is 13.2 Å². The van der Waals surface area contributed by atoms with Crippen LogP contribution in [0.1, 0.15) is 12.8 Å². The Morgan fingerprint density at radius 1 is 1.33 bits per heavy atom. The van der Waals surface area contributed by atoms with Crippen LogP contribution in [-0.2, 0) is 14.8 Å². The van der Waals surface area contributed by atoms with E-state index < -0.39 is 10.0 Å². The van der Waals surface area contributed by atoms with Crippen molar-refractivity contribution in [1.82, 2.24) is 9.62 Å². The zero-order valence-electron chi connectivity index (χ0n) is 11.9. The van der Waals surface area contributed by atoms with Crippen molar-refractivity contribution in [3.05, 3.63) is 30.3 Å². The molecule has 1 saturated heterocycles. The van der Waals surface area contributed by atoms with E-state index in [0.29, 0.717) is 32.5 Å². The number of nitrogens with two attached hydrogens (primary N) is 1. The number of nitrogens with zero attached hydrogens (tertiary/aromatic N) is 1. The first-order chi connectivity index (χ1) is 10.1. The van der Waals surface area contributed by atoms with E-state index in [1.54, 1.807) is 30.3 Å². The van der Waals surface area contributed by atoms with E-state index in [4.69, 9.17) is 5.73 Å². The molecule has 0 spiro atoms. The van der Waals surface area contributed by atoms with Gasteiger partial charge in [0.15, 0.2) is 0 Å². The normalized spacial score (nSPS) is 20.1. The number of piperidine rings is 1. The highest BCUT2D eigenvalue weighted by Crippen LogP contribution is 2.23. The van der Waals surface area contributed by atoms with Crippen molar-refractivity contribution in [2.75, 3.05) is 26.2 Å². The fourth-order valence-electron chi connectivity index (χ4n) is 2.46. The lowest BCUT2D eigenvalue weighted by Gasteiger charge is -2.31. The van der Waals surface area contributed by atoms with E-state index in [9.17, 15) is 13.2 Å². The van der Waals surface area contributed by atoms with Gasteiger partial charge in [0.2, 0.25) is 15.9 Å². The second-order valence-corrected chi connectivity index (χ2v) is 7.03. The molecule has 116 valence electrons. The van der Waals surface area contributed by atoms with Crippen LogP contribution in [0.4, 0.5) is 0 Å². The molecule has 1 aromatic rings. The number of hydrogen-bond donors (Lipinski definition) is 2. The van der Waals surface area contributed by atoms with Gasteiger partial charge in [-0.3, -0.25) is 4.79 Å². The third-order valence-corrected chi connectivity index (χ3v) is 5.46. The third-order valence-electron chi connectivity index (χ3n) is 3.58. The minimum absolute atomic E-state index is 0.117. The van der Waals surface area contributed by atoms with Gasteiger partial charge in [0.25, 0.3) is 0 Å². The first kappa shape index (κ1) is 15.9. The molecule has 21 heavy (non-hydrogen) atoms. The van der Waals surface area contributed by atoms with Crippen LogP contribution in [0.3, 0.4) is 0 Å². The summed E-state index contributed by atoms with van der Waals surface area (Å²) in [6.07, 6.45) is 1.39. The SMILES string of the molecule is NCCNC(=O)C1CCCN(S(=O)(=O)c2ccccc2)C1. The van der Waals surface area contributed by atoms with Crippen molar-refractivity contribution >= 4 is 15.9 Å². The van der Waals surface area contributed by atoms with Gasteiger partial charge in [-0.15, -0.1) is 0 Å². The van der Waals surface area contributed by atoms with Crippen LogP contribution in [-0.4, -0.2) is 44.8 Å². The molecule has 1 aliphatic rings. The lowest BCUT2D eigenvalue weighted by atomic mass is 9.99. The quantitative estimate of drug-likeness (QED) is 0.810. The van der Waals surface area contributed by atoms with Crippen molar-refractivity contribution in [3.8, 4) is 0 Å². The number of carbonyl (C=O) groups excluding carboxylic acids is 1. The van der Waals surface area contributed by atoms with E-state index >= 15 is 0 Å². The Balaban J connectivity index is 2.09. The third kappa shape index (κ3) is 3.81. The average molecular weight is 311 g/mol. The van der Waals surface area contributed by atoms with Crippen LogP contribution in [0.25, 0.3) is 0 Å². The first-order valence-corrected chi connectivity index (χ1v) is 8.52. The van der Waals surface area contributed by atoms with Gasteiger partial charge in [0.1, 0.15) is 0 Å². The molecule has 2 rings (SSSR count). The maximum Gasteiger partial charge on any atom is 0.243 e. The van der Waals surface area contributed by atoms with Crippen LogP contribution >= 0.6 is 0 Å². The maximum atomic E-state index is 12.5. The summed E-state index contributed by atoms with van der Waals surface area (Å²) in [6.45, 7) is 1.48. The van der Waals surface area contributed by atoms with Gasteiger partial charge in [-0.2, -0.15) is 4.31 Å². The predicted molar refractivity (Wildman–Crippen MR) is 80.0 cm³/mol. The Labute approximate surface area is 125 Å². The highest BCUT2D eigenvalue weighted by molar-refractivity contribution is 7.89. The highest BCUT2D eigenvalue weighted by atomic mass is 32.2. The molecular weight excluding hydrogens is 290 g/mol. The number of amides is 1. The summed E-state index contributed by atoms with van der Waals surface area (Å²) in [5.74, 6) is -0.419.